The summed E-state index contributed by atoms with van der Waals surface area (Å²) in [5.41, 5.74) is 1.87. The number of rotatable bonds is 5. The zero-order valence-electron chi connectivity index (χ0n) is 14.7. The fraction of sp³-hybridized carbons (Fsp3) is 0.300. The van der Waals surface area contributed by atoms with Crippen LogP contribution in [0.1, 0.15) is 12.0 Å². The molecule has 0 saturated heterocycles. The fourth-order valence-electron chi connectivity index (χ4n) is 3.30. The van der Waals surface area contributed by atoms with E-state index in [4.69, 9.17) is 9.84 Å². The van der Waals surface area contributed by atoms with E-state index in [0.29, 0.717) is 16.7 Å². The Labute approximate surface area is 156 Å². The first-order valence-corrected chi connectivity index (χ1v) is 8.43. The molecule has 7 heteroatoms. The quantitative estimate of drug-likeness (QED) is 0.816. The summed E-state index contributed by atoms with van der Waals surface area (Å²) in [5.74, 6) is -0.653. The van der Waals surface area contributed by atoms with Gasteiger partial charge in [0.05, 0.1) is 19.3 Å². The van der Waals surface area contributed by atoms with Crippen molar-refractivity contribution in [3.8, 4) is 6.07 Å². The molecule has 0 saturated carbocycles. The monoisotopic (exact) mass is 370 g/mol. The first-order valence-electron chi connectivity index (χ1n) is 8.43. The third-order valence-corrected chi connectivity index (χ3v) is 4.57. The normalized spacial score (nSPS) is 20.6. The number of ketones is 1. The van der Waals surface area contributed by atoms with E-state index < -0.39 is 24.6 Å². The van der Waals surface area contributed by atoms with Gasteiger partial charge in [-0.25, -0.2) is 4.39 Å². The van der Waals surface area contributed by atoms with Crippen molar-refractivity contribution < 1.29 is 24.1 Å². The highest BCUT2D eigenvalue weighted by Gasteiger charge is 2.34. The van der Waals surface area contributed by atoms with Gasteiger partial charge in [-0.1, -0.05) is 18.2 Å². The predicted molar refractivity (Wildman–Crippen MR) is 95.3 cm³/mol. The molecular weight excluding hydrogens is 351 g/mol. The molecule has 0 spiro atoms. The maximum absolute atomic E-state index is 14.6. The topological polar surface area (TPSA) is 93.8 Å². The number of aliphatic hydroxyl groups excluding tert-OH is 2. The largest absolute Gasteiger partial charge is 0.394 e. The highest BCUT2D eigenvalue weighted by Crippen LogP contribution is 2.41. The number of β-amino-alcohol motifs (C(OH)–C–C–N with tert-alkyl or cyclic N) is 1. The Morgan fingerprint density at radius 3 is 2.81 bits per heavy atom. The molecule has 2 aliphatic rings. The Bertz CT molecular complexity index is 897. The summed E-state index contributed by atoms with van der Waals surface area (Å²) in [4.78, 5) is 13.7. The Morgan fingerprint density at radius 1 is 1.44 bits per heavy atom. The predicted octanol–water partition coefficient (Wildman–Crippen LogP) is 1.53. The summed E-state index contributed by atoms with van der Waals surface area (Å²) in [6.07, 6.45) is 1.39. The third-order valence-electron chi connectivity index (χ3n) is 4.57. The first kappa shape index (κ1) is 19.0. The van der Waals surface area contributed by atoms with Gasteiger partial charge in [-0.05, 0) is 23.3 Å². The van der Waals surface area contributed by atoms with Gasteiger partial charge < -0.3 is 19.8 Å². The molecule has 0 radical (unpaired) electrons. The van der Waals surface area contributed by atoms with Crippen molar-refractivity contribution in [3.05, 3.63) is 64.8 Å². The van der Waals surface area contributed by atoms with Crippen LogP contribution in [-0.4, -0.2) is 53.4 Å². The lowest BCUT2D eigenvalue weighted by atomic mass is 9.81. The van der Waals surface area contributed by atoms with E-state index in [0.717, 1.165) is 0 Å². The zero-order valence-corrected chi connectivity index (χ0v) is 14.7. The van der Waals surface area contributed by atoms with Crippen molar-refractivity contribution >= 4 is 11.4 Å². The average Bonchev–Trinajstić information content (AvgIpc) is 2.67. The molecule has 0 fully saturated rings. The van der Waals surface area contributed by atoms with E-state index in [2.05, 4.69) is 6.07 Å². The Hall–Kier alpha value is -2.79. The second-order valence-corrected chi connectivity index (χ2v) is 6.34. The van der Waals surface area contributed by atoms with Gasteiger partial charge in [0.15, 0.2) is 5.78 Å². The van der Waals surface area contributed by atoms with Crippen molar-refractivity contribution in [2.75, 3.05) is 20.3 Å². The molecule has 140 valence electrons. The van der Waals surface area contributed by atoms with Crippen molar-refractivity contribution in [2.45, 2.75) is 18.6 Å². The van der Waals surface area contributed by atoms with Gasteiger partial charge in [-0.15, -0.1) is 0 Å². The minimum atomic E-state index is -1.09. The number of nitriles is 1. The number of nitrogens with zero attached hydrogens (tertiary/aromatic N) is 2. The number of carbonyl (C=O) groups excluding carboxylic acids is 1. The fourth-order valence-corrected chi connectivity index (χ4v) is 3.30. The van der Waals surface area contributed by atoms with E-state index in [1.165, 1.54) is 18.1 Å². The molecule has 1 aromatic carbocycles. The van der Waals surface area contributed by atoms with Gasteiger partial charge in [-0.3, -0.25) is 4.79 Å². The van der Waals surface area contributed by atoms with Crippen molar-refractivity contribution in [3.63, 3.8) is 0 Å². The Kier molecular flexibility index (Phi) is 5.51. The molecule has 2 unspecified atom stereocenters. The molecule has 0 amide bonds. The van der Waals surface area contributed by atoms with Gasteiger partial charge in [0.25, 0.3) is 0 Å². The van der Waals surface area contributed by atoms with Crippen LogP contribution in [0.4, 0.5) is 4.39 Å². The Balaban J connectivity index is 2.23. The lowest BCUT2D eigenvalue weighted by Gasteiger charge is -2.34. The molecule has 1 aromatic rings. The average molecular weight is 370 g/mol. The summed E-state index contributed by atoms with van der Waals surface area (Å²) in [6.45, 7) is -0.545. The van der Waals surface area contributed by atoms with E-state index in [1.54, 1.807) is 30.5 Å². The molecule has 1 heterocycles. The molecule has 0 aromatic heterocycles. The number of ether oxygens (including phenoxy) is 1. The van der Waals surface area contributed by atoms with Gasteiger partial charge in [0, 0.05) is 30.9 Å². The van der Waals surface area contributed by atoms with Gasteiger partial charge in [-0.2, -0.15) is 5.26 Å². The van der Waals surface area contributed by atoms with Gasteiger partial charge >= 0.3 is 0 Å². The number of benzene rings is 1. The number of carbonyl (C=O) groups is 1. The number of Topliss-reactive ketones (excluding diaryl/α,β-unsaturated/α-hetero) is 1. The molecule has 2 N–H and O–H groups in total. The van der Waals surface area contributed by atoms with Crippen LogP contribution in [0.2, 0.25) is 0 Å². The number of hydrogen-bond donors (Lipinski definition) is 2. The van der Waals surface area contributed by atoms with Crippen molar-refractivity contribution in [2.24, 2.45) is 0 Å². The molecule has 27 heavy (non-hydrogen) atoms. The van der Waals surface area contributed by atoms with E-state index >= 15 is 0 Å². The molecule has 0 bridgehead atoms. The number of aliphatic hydroxyl groups is 2. The maximum atomic E-state index is 14.6. The smallest absolute Gasteiger partial charge is 0.169 e. The van der Waals surface area contributed by atoms with E-state index in [9.17, 15) is 19.6 Å². The number of fused-ring (bicyclic) bond motifs is 1. The number of hydrogen-bond acceptors (Lipinski definition) is 6. The summed E-state index contributed by atoms with van der Waals surface area (Å²) in [7, 11) is 1.42. The van der Waals surface area contributed by atoms with Crippen molar-refractivity contribution in [1.82, 2.24) is 4.90 Å². The first-order chi connectivity index (χ1) is 13.0. The molecule has 1 aliphatic heterocycles. The third kappa shape index (κ3) is 3.55. The Morgan fingerprint density at radius 2 is 2.19 bits per heavy atom. The lowest BCUT2D eigenvalue weighted by Crippen LogP contribution is -2.35. The van der Waals surface area contributed by atoms with Crippen LogP contribution in [0.5, 0.6) is 0 Å². The van der Waals surface area contributed by atoms with Crippen molar-refractivity contribution in [1.29, 1.82) is 5.26 Å². The second-order valence-electron chi connectivity index (χ2n) is 6.34. The minimum Gasteiger partial charge on any atom is -0.394 e. The molecule has 3 rings (SSSR count). The van der Waals surface area contributed by atoms with Crippen LogP contribution in [0, 0.1) is 17.1 Å². The zero-order chi connectivity index (χ0) is 19.6. The standard InChI is InChI=1S/C20H19FN2O4/c1-27-19-7-15-12(6-18(19)26)9-23(10-13(25)11-24)17(8-22)20(15)14-4-2-3-5-16(14)21/h2-5,7,9,13,19,24-25H,6,10-11H2,1H3. The van der Waals surface area contributed by atoms with Crippen LogP contribution in [0.15, 0.2) is 53.4 Å². The molecule has 6 nitrogen and oxygen atoms in total. The highest BCUT2D eigenvalue weighted by atomic mass is 19.1. The molecule has 2 atom stereocenters. The van der Waals surface area contributed by atoms with E-state index in [1.807, 2.05) is 0 Å². The molecular formula is C20H19FN2O4. The summed E-state index contributed by atoms with van der Waals surface area (Å²) < 4.78 is 19.8. The number of methoxy groups -OCH3 is 1. The highest BCUT2D eigenvalue weighted by molar-refractivity contribution is 5.98. The number of halogens is 1. The summed E-state index contributed by atoms with van der Waals surface area (Å²) in [5, 5.41) is 28.8. The minimum absolute atomic E-state index is 0.0595. The van der Waals surface area contributed by atoms with Gasteiger partial charge in [0.1, 0.15) is 23.7 Å². The summed E-state index contributed by atoms with van der Waals surface area (Å²) >= 11 is 0. The van der Waals surface area contributed by atoms with Crippen LogP contribution >= 0.6 is 0 Å². The lowest BCUT2D eigenvalue weighted by molar-refractivity contribution is -0.125. The second kappa shape index (κ2) is 7.84. The van der Waals surface area contributed by atoms with E-state index in [-0.39, 0.29) is 30.0 Å². The van der Waals surface area contributed by atoms with Crippen LogP contribution < -0.4 is 0 Å². The number of allylic oxidation sites excluding steroid dienone is 4. The maximum Gasteiger partial charge on any atom is 0.169 e. The van der Waals surface area contributed by atoms with Crippen LogP contribution in [0.25, 0.3) is 5.57 Å². The van der Waals surface area contributed by atoms with Crippen LogP contribution in [0.3, 0.4) is 0 Å². The van der Waals surface area contributed by atoms with Crippen LogP contribution in [-0.2, 0) is 9.53 Å². The SMILES string of the molecule is COC1C=C2C(=CN(CC(O)CO)C(C#N)=C2c2ccccc2F)CC1=O. The molecule has 1 aliphatic carbocycles. The van der Waals surface area contributed by atoms with Gasteiger partial charge in [0.2, 0.25) is 0 Å². The summed E-state index contributed by atoms with van der Waals surface area (Å²) in [6, 6.07) is 8.14.